The summed E-state index contributed by atoms with van der Waals surface area (Å²) < 4.78 is 18.1. The summed E-state index contributed by atoms with van der Waals surface area (Å²) in [6.07, 6.45) is 1.58. The lowest BCUT2D eigenvalue weighted by Crippen LogP contribution is -2.17. The molecule has 0 spiro atoms. The lowest BCUT2D eigenvalue weighted by atomic mass is 9.95. The quantitative estimate of drug-likeness (QED) is 0.807. The van der Waals surface area contributed by atoms with Crippen LogP contribution in [0.1, 0.15) is 18.9 Å². The highest BCUT2D eigenvalue weighted by Gasteiger charge is 2.13. The van der Waals surface area contributed by atoms with Gasteiger partial charge in [-0.3, -0.25) is 0 Å². The van der Waals surface area contributed by atoms with Crippen molar-refractivity contribution in [1.29, 1.82) is 0 Å². The summed E-state index contributed by atoms with van der Waals surface area (Å²) in [6.45, 7) is 2.07. The Hall–Kier alpha value is -0.930. The minimum absolute atomic E-state index is 0.101. The summed E-state index contributed by atoms with van der Waals surface area (Å²) in [5.74, 6) is -0.106. The Morgan fingerprint density at radius 1 is 1.44 bits per heavy atom. The molecule has 2 unspecified atom stereocenters. The molecule has 0 aromatic heterocycles. The zero-order valence-corrected chi connectivity index (χ0v) is 9.82. The predicted molar refractivity (Wildman–Crippen MR) is 61.8 cm³/mol. The summed E-state index contributed by atoms with van der Waals surface area (Å²) >= 11 is 0. The van der Waals surface area contributed by atoms with Gasteiger partial charge in [0.2, 0.25) is 0 Å². The van der Waals surface area contributed by atoms with Crippen molar-refractivity contribution in [2.24, 2.45) is 5.92 Å². The summed E-state index contributed by atoms with van der Waals surface area (Å²) in [4.78, 5) is 0. The molecule has 0 amide bonds. The maximum atomic E-state index is 13.0. The summed E-state index contributed by atoms with van der Waals surface area (Å²) in [5.41, 5.74) is 0.919. The van der Waals surface area contributed by atoms with Crippen molar-refractivity contribution >= 4 is 0 Å². The molecule has 0 heterocycles. The number of ether oxygens (including phenoxy) is 1. The van der Waals surface area contributed by atoms with Crippen molar-refractivity contribution < 1.29 is 14.2 Å². The van der Waals surface area contributed by atoms with Gasteiger partial charge in [0.1, 0.15) is 5.82 Å². The highest BCUT2D eigenvalue weighted by molar-refractivity contribution is 5.16. The van der Waals surface area contributed by atoms with E-state index in [1.54, 1.807) is 13.2 Å². The lowest BCUT2D eigenvalue weighted by Gasteiger charge is -2.18. The van der Waals surface area contributed by atoms with E-state index in [0.29, 0.717) is 6.42 Å². The monoisotopic (exact) mass is 226 g/mol. The van der Waals surface area contributed by atoms with Crippen LogP contribution in [0.3, 0.4) is 0 Å². The molecular weight excluding hydrogens is 207 g/mol. The van der Waals surface area contributed by atoms with Gasteiger partial charge in [-0.25, -0.2) is 4.39 Å². The molecule has 2 atom stereocenters. The van der Waals surface area contributed by atoms with Crippen LogP contribution in [0.15, 0.2) is 24.3 Å². The van der Waals surface area contributed by atoms with Crippen molar-refractivity contribution in [3.8, 4) is 0 Å². The van der Waals surface area contributed by atoms with Crippen LogP contribution >= 0.6 is 0 Å². The first kappa shape index (κ1) is 13.1. The van der Waals surface area contributed by atoms with E-state index in [1.165, 1.54) is 12.1 Å². The first-order valence-corrected chi connectivity index (χ1v) is 5.53. The van der Waals surface area contributed by atoms with E-state index in [9.17, 15) is 9.50 Å². The van der Waals surface area contributed by atoms with E-state index < -0.39 is 0 Å². The van der Waals surface area contributed by atoms with Crippen LogP contribution in [-0.4, -0.2) is 24.9 Å². The number of methoxy groups -OCH3 is 1. The van der Waals surface area contributed by atoms with Gasteiger partial charge in [0.15, 0.2) is 0 Å². The minimum Gasteiger partial charge on any atom is -0.396 e. The molecule has 1 aromatic rings. The van der Waals surface area contributed by atoms with Crippen LogP contribution in [-0.2, 0) is 11.2 Å². The topological polar surface area (TPSA) is 29.5 Å². The van der Waals surface area contributed by atoms with E-state index in [4.69, 9.17) is 4.74 Å². The van der Waals surface area contributed by atoms with Gasteiger partial charge in [-0.15, -0.1) is 0 Å². The molecule has 0 saturated heterocycles. The van der Waals surface area contributed by atoms with Gasteiger partial charge in [-0.1, -0.05) is 12.1 Å². The number of hydrogen-bond acceptors (Lipinski definition) is 2. The van der Waals surface area contributed by atoms with Crippen LogP contribution < -0.4 is 0 Å². The second kappa shape index (κ2) is 6.61. The molecule has 2 nitrogen and oxygen atoms in total. The molecule has 3 heteroatoms. The summed E-state index contributed by atoms with van der Waals surface area (Å²) in [5, 5.41) is 9.25. The maximum Gasteiger partial charge on any atom is 0.123 e. The van der Waals surface area contributed by atoms with Crippen LogP contribution in [0.25, 0.3) is 0 Å². The third-order valence-corrected chi connectivity index (χ3v) is 2.74. The van der Waals surface area contributed by atoms with Gasteiger partial charge < -0.3 is 9.84 Å². The summed E-state index contributed by atoms with van der Waals surface area (Å²) in [7, 11) is 1.65. The zero-order valence-electron chi connectivity index (χ0n) is 9.82. The molecule has 1 aromatic carbocycles. The fraction of sp³-hybridized carbons (Fsp3) is 0.538. The molecule has 0 aliphatic heterocycles. The van der Waals surface area contributed by atoms with Crippen LogP contribution in [0, 0.1) is 11.7 Å². The van der Waals surface area contributed by atoms with Gasteiger partial charge in [0.05, 0.1) is 6.10 Å². The van der Waals surface area contributed by atoms with Gasteiger partial charge in [-0.05, 0) is 43.4 Å². The Morgan fingerprint density at radius 3 is 2.75 bits per heavy atom. The molecular formula is C13H19FO2. The van der Waals surface area contributed by atoms with Crippen molar-refractivity contribution in [3.05, 3.63) is 35.6 Å². The Labute approximate surface area is 96.1 Å². The molecule has 1 N–H and O–H groups in total. The van der Waals surface area contributed by atoms with Crippen LogP contribution in [0.5, 0.6) is 0 Å². The number of benzene rings is 1. The second-order valence-corrected chi connectivity index (χ2v) is 4.16. The number of aliphatic hydroxyl groups is 1. The minimum atomic E-state index is -0.228. The smallest absolute Gasteiger partial charge is 0.123 e. The second-order valence-electron chi connectivity index (χ2n) is 4.16. The van der Waals surface area contributed by atoms with E-state index in [1.807, 2.05) is 13.0 Å². The standard InChI is InChI=1S/C13H19FO2/c1-10(16-2)6-12(9-15)7-11-4-3-5-13(14)8-11/h3-5,8,10,12,15H,6-7,9H2,1-2H3. The van der Waals surface area contributed by atoms with E-state index in [0.717, 1.165) is 12.0 Å². The Bertz CT molecular complexity index is 315. The molecule has 0 aliphatic carbocycles. The third-order valence-electron chi connectivity index (χ3n) is 2.74. The molecule has 16 heavy (non-hydrogen) atoms. The van der Waals surface area contributed by atoms with Gasteiger partial charge >= 0.3 is 0 Å². The molecule has 0 saturated carbocycles. The van der Waals surface area contributed by atoms with Gasteiger partial charge in [0, 0.05) is 13.7 Å². The Balaban J connectivity index is 2.56. The maximum absolute atomic E-state index is 13.0. The van der Waals surface area contributed by atoms with E-state index >= 15 is 0 Å². The van der Waals surface area contributed by atoms with Crippen molar-refractivity contribution in [1.82, 2.24) is 0 Å². The molecule has 0 bridgehead atoms. The van der Waals surface area contributed by atoms with Crippen molar-refractivity contribution in [3.63, 3.8) is 0 Å². The highest BCUT2D eigenvalue weighted by atomic mass is 19.1. The normalized spacial score (nSPS) is 14.8. The Kier molecular flexibility index (Phi) is 5.43. The fourth-order valence-corrected chi connectivity index (χ4v) is 1.79. The molecule has 0 fully saturated rings. The number of rotatable bonds is 6. The number of aliphatic hydroxyl groups excluding tert-OH is 1. The van der Waals surface area contributed by atoms with Crippen molar-refractivity contribution in [2.75, 3.05) is 13.7 Å². The van der Waals surface area contributed by atoms with E-state index in [-0.39, 0.29) is 24.4 Å². The van der Waals surface area contributed by atoms with E-state index in [2.05, 4.69) is 0 Å². The third kappa shape index (κ3) is 4.29. The van der Waals surface area contributed by atoms with Gasteiger partial charge in [0.25, 0.3) is 0 Å². The lowest BCUT2D eigenvalue weighted by molar-refractivity contribution is 0.0806. The Morgan fingerprint density at radius 2 is 2.19 bits per heavy atom. The predicted octanol–water partition coefficient (Wildman–Crippen LogP) is 2.40. The van der Waals surface area contributed by atoms with Crippen molar-refractivity contribution in [2.45, 2.75) is 25.9 Å². The highest BCUT2D eigenvalue weighted by Crippen LogP contribution is 2.15. The average molecular weight is 226 g/mol. The zero-order chi connectivity index (χ0) is 12.0. The fourth-order valence-electron chi connectivity index (χ4n) is 1.79. The SMILES string of the molecule is COC(C)CC(CO)Cc1cccc(F)c1. The molecule has 0 aliphatic rings. The van der Waals surface area contributed by atoms with Crippen LogP contribution in [0.4, 0.5) is 4.39 Å². The van der Waals surface area contributed by atoms with Crippen LogP contribution in [0.2, 0.25) is 0 Å². The molecule has 1 rings (SSSR count). The summed E-state index contributed by atoms with van der Waals surface area (Å²) in [6, 6.07) is 6.51. The largest absolute Gasteiger partial charge is 0.396 e. The number of halogens is 1. The molecule has 0 radical (unpaired) electrons. The first-order valence-electron chi connectivity index (χ1n) is 5.53. The van der Waals surface area contributed by atoms with Gasteiger partial charge in [-0.2, -0.15) is 0 Å². The number of hydrogen-bond donors (Lipinski definition) is 1. The average Bonchev–Trinajstić information content (AvgIpc) is 2.28. The molecule has 90 valence electrons. The first-order chi connectivity index (χ1) is 7.65.